The Kier molecular flexibility index (Phi) is 4.06. The van der Waals surface area contributed by atoms with Gasteiger partial charge in [0.2, 0.25) is 0 Å². The van der Waals surface area contributed by atoms with Gasteiger partial charge >= 0.3 is 0 Å². The van der Waals surface area contributed by atoms with Crippen molar-refractivity contribution in [3.63, 3.8) is 0 Å². The Bertz CT molecular complexity index is 445. The molecule has 0 saturated carbocycles. The molecule has 84 valence electrons. The molecule has 2 aromatic rings. The Balaban J connectivity index is 1.84. The second-order valence-electron chi connectivity index (χ2n) is 3.25. The first-order chi connectivity index (χ1) is 8.45. The Hall–Kier alpha value is -2.42. The lowest BCUT2D eigenvalue weighted by Gasteiger charge is -1.92. The molecule has 3 heteroatoms. The van der Waals surface area contributed by atoms with Gasteiger partial charge in [-0.3, -0.25) is 9.97 Å². The van der Waals surface area contributed by atoms with Crippen molar-refractivity contribution in [1.82, 2.24) is 9.97 Å². The first-order valence-electron chi connectivity index (χ1n) is 5.26. The zero-order chi connectivity index (χ0) is 11.8. The highest BCUT2D eigenvalue weighted by atomic mass is 16.5. The average Bonchev–Trinajstić information content (AvgIpc) is 2.41. The van der Waals surface area contributed by atoms with Crippen molar-refractivity contribution in [2.75, 3.05) is 0 Å². The number of hydrogen-bond acceptors (Lipinski definition) is 3. The quantitative estimate of drug-likeness (QED) is 0.748. The molecular weight excluding hydrogens is 212 g/mol. The van der Waals surface area contributed by atoms with Crippen LogP contribution in [0.3, 0.4) is 0 Å². The molecule has 0 aromatic carbocycles. The van der Waals surface area contributed by atoms with Crippen LogP contribution >= 0.6 is 0 Å². The van der Waals surface area contributed by atoms with Crippen molar-refractivity contribution >= 4 is 12.2 Å². The van der Waals surface area contributed by atoms with E-state index in [1.165, 1.54) is 0 Å². The summed E-state index contributed by atoms with van der Waals surface area (Å²) >= 11 is 0. The smallest absolute Gasteiger partial charge is 0.0922 e. The Morgan fingerprint density at radius 1 is 0.765 bits per heavy atom. The molecule has 0 N–H and O–H groups in total. The molecule has 0 amide bonds. The molecule has 0 aliphatic heterocycles. The van der Waals surface area contributed by atoms with E-state index < -0.39 is 0 Å². The van der Waals surface area contributed by atoms with Gasteiger partial charge in [-0.2, -0.15) is 0 Å². The summed E-state index contributed by atoms with van der Waals surface area (Å²) < 4.78 is 5.20. The van der Waals surface area contributed by atoms with E-state index in [0.717, 1.165) is 11.4 Å². The summed E-state index contributed by atoms with van der Waals surface area (Å²) in [6.45, 7) is 0. The van der Waals surface area contributed by atoms with Gasteiger partial charge in [0, 0.05) is 12.4 Å². The predicted octanol–water partition coefficient (Wildman–Crippen LogP) is 3.13. The number of nitrogens with zero attached hydrogens (tertiary/aromatic N) is 2. The van der Waals surface area contributed by atoms with Crippen LogP contribution in [-0.2, 0) is 4.74 Å². The Labute approximate surface area is 100 Å². The fraction of sp³-hybridized carbons (Fsp3) is 0. The van der Waals surface area contributed by atoms with Crippen LogP contribution in [0.15, 0.2) is 61.3 Å². The van der Waals surface area contributed by atoms with Gasteiger partial charge < -0.3 is 4.74 Å². The molecule has 0 radical (unpaired) electrons. The summed E-state index contributed by atoms with van der Waals surface area (Å²) in [5.74, 6) is 0. The summed E-state index contributed by atoms with van der Waals surface area (Å²) in [5.41, 5.74) is 1.72. The Morgan fingerprint density at radius 2 is 1.29 bits per heavy atom. The van der Waals surface area contributed by atoms with Gasteiger partial charge in [-0.25, -0.2) is 0 Å². The van der Waals surface area contributed by atoms with Crippen molar-refractivity contribution in [3.8, 4) is 0 Å². The second kappa shape index (κ2) is 6.23. The Morgan fingerprint density at radius 3 is 1.71 bits per heavy atom. The van der Waals surface area contributed by atoms with Crippen LogP contribution < -0.4 is 0 Å². The summed E-state index contributed by atoms with van der Waals surface area (Å²) in [6, 6.07) is 11.4. The molecule has 0 aliphatic carbocycles. The topological polar surface area (TPSA) is 35.0 Å². The minimum Gasteiger partial charge on any atom is -0.472 e. The maximum atomic E-state index is 5.20. The van der Waals surface area contributed by atoms with Crippen LogP contribution in [-0.4, -0.2) is 9.97 Å². The predicted molar refractivity (Wildman–Crippen MR) is 67.6 cm³/mol. The number of pyridine rings is 2. The lowest BCUT2D eigenvalue weighted by molar-refractivity contribution is 0.410. The maximum absolute atomic E-state index is 5.20. The van der Waals surface area contributed by atoms with Crippen LogP contribution in [0, 0.1) is 0 Å². The normalized spacial score (nSPS) is 11.1. The lowest BCUT2D eigenvalue weighted by Crippen LogP contribution is -1.78. The van der Waals surface area contributed by atoms with Gasteiger partial charge in [-0.05, 0) is 36.4 Å². The van der Waals surface area contributed by atoms with Crippen LogP contribution in [0.25, 0.3) is 12.2 Å². The molecular formula is C14H12N2O. The third-order valence-electron chi connectivity index (χ3n) is 2.01. The largest absolute Gasteiger partial charge is 0.472 e. The molecule has 3 nitrogen and oxygen atoms in total. The van der Waals surface area contributed by atoms with E-state index in [9.17, 15) is 0 Å². The highest BCUT2D eigenvalue weighted by Crippen LogP contribution is 1.99. The van der Waals surface area contributed by atoms with Crippen molar-refractivity contribution < 1.29 is 4.74 Å². The van der Waals surface area contributed by atoms with Crippen LogP contribution in [0.4, 0.5) is 0 Å². The molecule has 17 heavy (non-hydrogen) atoms. The van der Waals surface area contributed by atoms with E-state index in [-0.39, 0.29) is 0 Å². The van der Waals surface area contributed by atoms with Crippen molar-refractivity contribution in [2.24, 2.45) is 0 Å². The van der Waals surface area contributed by atoms with E-state index in [0.29, 0.717) is 0 Å². The van der Waals surface area contributed by atoms with Gasteiger partial charge in [0.25, 0.3) is 0 Å². The lowest BCUT2D eigenvalue weighted by atomic mass is 10.3. The monoisotopic (exact) mass is 224 g/mol. The minimum absolute atomic E-state index is 0.860. The van der Waals surface area contributed by atoms with E-state index >= 15 is 0 Å². The van der Waals surface area contributed by atoms with E-state index in [4.69, 9.17) is 4.74 Å². The molecule has 0 atom stereocenters. The van der Waals surface area contributed by atoms with Gasteiger partial charge in [0.15, 0.2) is 0 Å². The molecule has 0 bridgehead atoms. The molecule has 2 heterocycles. The first kappa shape index (κ1) is 11.1. The average molecular weight is 224 g/mol. The third kappa shape index (κ3) is 3.91. The molecule has 0 saturated heterocycles. The SMILES string of the molecule is C(=Cc1ccccn1)OC=Cc1ccccn1. The van der Waals surface area contributed by atoms with Crippen LogP contribution in [0.2, 0.25) is 0 Å². The van der Waals surface area contributed by atoms with Crippen LogP contribution in [0.5, 0.6) is 0 Å². The van der Waals surface area contributed by atoms with Gasteiger partial charge in [-0.1, -0.05) is 12.1 Å². The fourth-order valence-electron chi connectivity index (χ4n) is 1.21. The zero-order valence-corrected chi connectivity index (χ0v) is 9.23. The molecule has 2 rings (SSSR count). The fourth-order valence-corrected chi connectivity index (χ4v) is 1.21. The second-order valence-corrected chi connectivity index (χ2v) is 3.25. The summed E-state index contributed by atoms with van der Waals surface area (Å²) in [4.78, 5) is 8.26. The summed E-state index contributed by atoms with van der Waals surface area (Å²) in [7, 11) is 0. The number of rotatable bonds is 4. The number of ether oxygens (including phenoxy) is 1. The third-order valence-corrected chi connectivity index (χ3v) is 2.01. The summed E-state index contributed by atoms with van der Waals surface area (Å²) in [6.07, 6.45) is 10.2. The van der Waals surface area contributed by atoms with Gasteiger partial charge in [0.1, 0.15) is 0 Å². The van der Waals surface area contributed by atoms with Gasteiger partial charge in [-0.15, -0.1) is 0 Å². The van der Waals surface area contributed by atoms with Crippen molar-refractivity contribution in [1.29, 1.82) is 0 Å². The number of aromatic nitrogens is 2. The highest BCUT2D eigenvalue weighted by molar-refractivity contribution is 5.44. The van der Waals surface area contributed by atoms with Gasteiger partial charge in [0.05, 0.1) is 23.9 Å². The molecule has 0 unspecified atom stereocenters. The molecule has 0 fully saturated rings. The van der Waals surface area contributed by atoms with Crippen molar-refractivity contribution in [2.45, 2.75) is 0 Å². The molecule has 0 spiro atoms. The van der Waals surface area contributed by atoms with Crippen molar-refractivity contribution in [3.05, 3.63) is 72.7 Å². The van der Waals surface area contributed by atoms with Crippen LogP contribution in [0.1, 0.15) is 11.4 Å². The molecule has 2 aromatic heterocycles. The minimum atomic E-state index is 0.860. The van der Waals surface area contributed by atoms with E-state index in [1.807, 2.05) is 36.4 Å². The highest BCUT2D eigenvalue weighted by Gasteiger charge is 1.84. The molecule has 0 aliphatic rings. The number of hydrogen-bond donors (Lipinski definition) is 0. The standard InChI is InChI=1S/C14H12N2O/c1-3-9-15-13(5-1)7-11-17-12-8-14-6-2-4-10-16-14/h1-12H. The first-order valence-corrected chi connectivity index (χ1v) is 5.26. The zero-order valence-electron chi connectivity index (χ0n) is 9.23. The van der Waals surface area contributed by atoms with E-state index in [1.54, 1.807) is 37.1 Å². The summed E-state index contributed by atoms with van der Waals surface area (Å²) in [5, 5.41) is 0. The maximum Gasteiger partial charge on any atom is 0.0922 e. The van der Waals surface area contributed by atoms with E-state index in [2.05, 4.69) is 9.97 Å².